The van der Waals surface area contributed by atoms with Crippen LogP contribution in [0.25, 0.3) is 10.2 Å². The predicted molar refractivity (Wildman–Crippen MR) is 139 cm³/mol. The Hall–Kier alpha value is -3.04. The molecule has 7 nitrogen and oxygen atoms in total. The third kappa shape index (κ3) is 4.62. The molecule has 2 atom stereocenters. The van der Waals surface area contributed by atoms with Crippen LogP contribution in [0.1, 0.15) is 54.8 Å². The van der Waals surface area contributed by atoms with Gasteiger partial charge in [0.15, 0.2) is 0 Å². The van der Waals surface area contributed by atoms with Crippen LogP contribution in [-0.2, 0) is 0 Å². The van der Waals surface area contributed by atoms with Gasteiger partial charge in [-0.2, -0.15) is 0 Å². The van der Waals surface area contributed by atoms with Gasteiger partial charge in [0.05, 0.1) is 15.1 Å². The monoisotopic (exact) mass is 497 g/mol. The lowest BCUT2D eigenvalue weighted by atomic mass is 10.0. The largest absolute Gasteiger partial charge is 0.335 e. The number of carbonyl (C=O) groups excluding carboxylic acids is 2. The van der Waals surface area contributed by atoms with Crippen molar-refractivity contribution in [3.63, 3.8) is 0 Å². The number of amides is 3. The van der Waals surface area contributed by atoms with Gasteiger partial charge in [0.25, 0.3) is 5.91 Å². The first-order chi connectivity index (χ1) is 17.0. The average molecular weight is 498 g/mol. The number of rotatable bonds is 5. The lowest BCUT2D eigenvalue weighted by molar-refractivity contribution is 0.0669. The molecule has 0 spiro atoms. The van der Waals surface area contributed by atoms with E-state index in [0.29, 0.717) is 16.1 Å². The smallest absolute Gasteiger partial charge is 0.319 e. The molecule has 2 unspecified atom stereocenters. The van der Waals surface area contributed by atoms with Crippen LogP contribution in [0, 0.1) is 5.82 Å². The van der Waals surface area contributed by atoms with Gasteiger partial charge in [0, 0.05) is 47.0 Å². The SMILES string of the molecule is CN1CCN(C(=O)c2cc3nccc(C4CC4c4ccc(NC(=O)NC5CC5)cc4F)c3s2)CC1.[HH].[HH]. The summed E-state index contributed by atoms with van der Waals surface area (Å²) in [5, 5.41) is 5.56. The third-order valence-corrected chi connectivity index (χ3v) is 8.37. The van der Waals surface area contributed by atoms with Crippen molar-refractivity contribution in [3.05, 3.63) is 58.3 Å². The van der Waals surface area contributed by atoms with Crippen LogP contribution >= 0.6 is 11.3 Å². The van der Waals surface area contributed by atoms with Gasteiger partial charge in [-0.1, -0.05) is 6.07 Å². The third-order valence-electron chi connectivity index (χ3n) is 7.20. The number of fused-ring (bicyclic) bond motifs is 1. The van der Waals surface area contributed by atoms with E-state index in [1.807, 2.05) is 17.0 Å². The molecule has 3 fully saturated rings. The lowest BCUT2D eigenvalue weighted by Gasteiger charge is -2.32. The summed E-state index contributed by atoms with van der Waals surface area (Å²) in [4.78, 5) is 34.4. The molecule has 0 radical (unpaired) electrons. The van der Waals surface area contributed by atoms with Gasteiger partial charge in [0.2, 0.25) is 0 Å². The minimum absolute atomic E-state index is 0. The molecular formula is C26H32FN5O2S. The number of carbonyl (C=O) groups is 2. The molecule has 3 aliphatic rings. The summed E-state index contributed by atoms with van der Waals surface area (Å²) in [6.07, 6.45) is 4.64. The second-order valence-electron chi connectivity index (χ2n) is 9.88. The number of thiophene rings is 1. The number of anilines is 1. The number of likely N-dealkylation sites (N-methyl/N-ethyl adjacent to an activating group) is 1. The Balaban J connectivity index is 0.00000160. The topological polar surface area (TPSA) is 77.6 Å². The molecule has 1 aromatic carbocycles. The molecule has 3 amide bonds. The Morgan fingerprint density at radius 2 is 1.86 bits per heavy atom. The summed E-state index contributed by atoms with van der Waals surface area (Å²) in [5.41, 5.74) is 3.08. The summed E-state index contributed by atoms with van der Waals surface area (Å²) in [6, 6.07) is 8.80. The van der Waals surface area contributed by atoms with Crippen molar-refractivity contribution in [1.82, 2.24) is 20.1 Å². The summed E-state index contributed by atoms with van der Waals surface area (Å²) in [5.74, 6) is 0.0365. The number of urea groups is 1. The molecule has 35 heavy (non-hydrogen) atoms. The summed E-state index contributed by atoms with van der Waals surface area (Å²) in [7, 11) is 2.07. The van der Waals surface area contributed by atoms with Crippen molar-refractivity contribution in [1.29, 1.82) is 0 Å². The Kier molecular flexibility index (Phi) is 5.69. The second kappa shape index (κ2) is 8.87. The minimum atomic E-state index is -0.302. The number of nitrogens with zero attached hydrogens (tertiary/aromatic N) is 3. The molecule has 3 aromatic rings. The van der Waals surface area contributed by atoms with Gasteiger partial charge in [-0.25, -0.2) is 9.18 Å². The Morgan fingerprint density at radius 3 is 2.60 bits per heavy atom. The molecule has 186 valence electrons. The highest BCUT2D eigenvalue weighted by molar-refractivity contribution is 7.21. The van der Waals surface area contributed by atoms with Crippen molar-refractivity contribution >= 4 is 39.2 Å². The molecule has 9 heteroatoms. The molecular weight excluding hydrogens is 465 g/mol. The second-order valence-corrected chi connectivity index (χ2v) is 10.9. The summed E-state index contributed by atoms with van der Waals surface area (Å²) in [6.45, 7) is 3.24. The molecule has 0 bridgehead atoms. The number of hydrogen-bond acceptors (Lipinski definition) is 5. The molecule has 1 saturated heterocycles. The van der Waals surface area contributed by atoms with Crippen molar-refractivity contribution < 1.29 is 16.8 Å². The van der Waals surface area contributed by atoms with Crippen LogP contribution in [0.4, 0.5) is 14.9 Å². The number of hydrogen-bond donors (Lipinski definition) is 2. The van der Waals surface area contributed by atoms with Gasteiger partial charge >= 0.3 is 6.03 Å². The van der Waals surface area contributed by atoms with E-state index in [1.54, 1.807) is 18.3 Å². The fourth-order valence-corrected chi connectivity index (χ4v) is 6.05. The zero-order chi connectivity index (χ0) is 24.1. The molecule has 2 aromatic heterocycles. The highest BCUT2D eigenvalue weighted by atomic mass is 32.1. The number of nitrogens with one attached hydrogen (secondary N) is 2. The number of benzene rings is 1. The molecule has 2 aliphatic carbocycles. The Labute approximate surface area is 210 Å². The lowest BCUT2D eigenvalue weighted by Crippen LogP contribution is -2.46. The maximum Gasteiger partial charge on any atom is 0.319 e. The standard InChI is InChI=1S/C26H28FN5O2S.2H2/c1-31-8-10-32(11-9-31)25(33)23-14-22-24(35-23)18(6-7-28-22)20-13-19(20)17-5-4-16(12-21(17)27)30-26(34)29-15-2-3-15;;/h4-7,12,14-15,19-20H,2-3,8-11,13H2,1H3,(H2,29,30,34);2*1H. The van der Waals surface area contributed by atoms with E-state index in [2.05, 4.69) is 27.6 Å². The van der Waals surface area contributed by atoms with Crippen molar-refractivity contribution in [2.75, 3.05) is 38.5 Å². The predicted octanol–water partition coefficient (Wildman–Crippen LogP) is 4.87. The first-order valence-corrected chi connectivity index (χ1v) is 13.0. The van der Waals surface area contributed by atoms with Gasteiger partial charge in [0.1, 0.15) is 5.82 Å². The highest BCUT2D eigenvalue weighted by Crippen LogP contribution is 2.57. The first-order valence-electron chi connectivity index (χ1n) is 12.2. The number of piperazine rings is 1. The Morgan fingerprint density at radius 1 is 1.09 bits per heavy atom. The number of aromatic nitrogens is 1. The van der Waals surface area contributed by atoms with Crippen molar-refractivity contribution in [2.45, 2.75) is 37.1 Å². The Bertz CT molecular complexity index is 1310. The van der Waals surface area contributed by atoms with Crippen molar-refractivity contribution in [2.24, 2.45) is 0 Å². The van der Waals surface area contributed by atoms with Crippen LogP contribution in [0.5, 0.6) is 0 Å². The van der Waals surface area contributed by atoms with E-state index in [9.17, 15) is 14.0 Å². The van der Waals surface area contributed by atoms with Gasteiger partial charge < -0.3 is 20.4 Å². The molecule has 3 heterocycles. The van der Waals surface area contributed by atoms with Crippen LogP contribution in [-0.4, -0.2) is 66.0 Å². The fourth-order valence-electron chi connectivity index (χ4n) is 4.89. The number of halogens is 1. The highest BCUT2D eigenvalue weighted by Gasteiger charge is 2.42. The number of pyridine rings is 1. The van der Waals surface area contributed by atoms with Crippen LogP contribution < -0.4 is 10.6 Å². The van der Waals surface area contributed by atoms with E-state index in [4.69, 9.17) is 0 Å². The van der Waals surface area contributed by atoms with Crippen LogP contribution in [0.2, 0.25) is 0 Å². The van der Waals surface area contributed by atoms with E-state index in [0.717, 1.165) is 61.2 Å². The first kappa shape index (κ1) is 22.4. The molecule has 2 saturated carbocycles. The van der Waals surface area contributed by atoms with Gasteiger partial charge in [-0.15, -0.1) is 11.3 Å². The maximum absolute atomic E-state index is 15.0. The van der Waals surface area contributed by atoms with Gasteiger partial charge in [-0.3, -0.25) is 9.78 Å². The average Bonchev–Trinajstić information content (AvgIpc) is 3.76. The minimum Gasteiger partial charge on any atom is -0.335 e. The zero-order valence-electron chi connectivity index (χ0n) is 19.6. The van der Waals surface area contributed by atoms with Crippen LogP contribution in [0.15, 0.2) is 36.5 Å². The van der Waals surface area contributed by atoms with Crippen LogP contribution in [0.3, 0.4) is 0 Å². The van der Waals surface area contributed by atoms with Gasteiger partial charge in [-0.05, 0) is 73.5 Å². The molecule has 1 aliphatic heterocycles. The van der Waals surface area contributed by atoms with E-state index >= 15 is 0 Å². The van der Waals surface area contributed by atoms with E-state index in [1.165, 1.54) is 17.4 Å². The quantitative estimate of drug-likeness (QED) is 0.527. The fraction of sp³-hybridized carbons (Fsp3) is 0.423. The zero-order valence-corrected chi connectivity index (χ0v) is 20.4. The van der Waals surface area contributed by atoms with Crippen molar-refractivity contribution in [3.8, 4) is 0 Å². The molecule has 2 N–H and O–H groups in total. The normalized spacial score (nSPS) is 22.3. The maximum atomic E-state index is 15.0. The van der Waals surface area contributed by atoms with E-state index < -0.39 is 0 Å². The summed E-state index contributed by atoms with van der Waals surface area (Å²) >= 11 is 1.50. The van der Waals surface area contributed by atoms with E-state index in [-0.39, 0.29) is 38.5 Å². The molecule has 6 rings (SSSR count). The summed E-state index contributed by atoms with van der Waals surface area (Å²) < 4.78 is 16.0.